The molecule has 0 aromatic rings. The molecule has 0 aromatic carbocycles. The Morgan fingerprint density at radius 1 is 1.45 bits per heavy atom. The zero-order valence-electron chi connectivity index (χ0n) is 7.52. The fourth-order valence-corrected chi connectivity index (χ4v) is 3.48. The Kier molecular flexibility index (Phi) is 2.60. The van der Waals surface area contributed by atoms with Gasteiger partial charge in [0.2, 0.25) is 0 Å². The molecule has 0 aromatic heterocycles. The summed E-state index contributed by atoms with van der Waals surface area (Å²) >= 11 is 0. The average Bonchev–Trinajstić information content (AvgIpc) is 1.97. The fraction of sp³-hybridized carbons (Fsp3) is 0.750. The highest BCUT2D eigenvalue weighted by Gasteiger charge is 2.39. The Bertz CT molecular complexity index is 161. The molecule has 0 radical (unpaired) electrons. The van der Waals surface area contributed by atoms with Crippen LogP contribution in [0.2, 0.25) is 18.6 Å². The molecule has 64 valence electrons. The summed E-state index contributed by atoms with van der Waals surface area (Å²) in [5.74, 6) is 0.707. The highest BCUT2D eigenvalue weighted by atomic mass is 28.4. The first-order valence-corrected chi connectivity index (χ1v) is 6.92. The van der Waals surface area contributed by atoms with Gasteiger partial charge in [-0.2, -0.15) is 0 Å². The van der Waals surface area contributed by atoms with Crippen molar-refractivity contribution in [2.45, 2.75) is 32.0 Å². The molecule has 0 spiro atoms. The summed E-state index contributed by atoms with van der Waals surface area (Å²) in [5, 5.41) is 0. The van der Waals surface area contributed by atoms with Gasteiger partial charge in [-0.1, -0.05) is 6.42 Å². The Morgan fingerprint density at radius 3 is 2.36 bits per heavy atom. The molecule has 1 aliphatic rings. The molecule has 1 rings (SSSR count). The maximum absolute atomic E-state index is 5.75. The van der Waals surface area contributed by atoms with Crippen molar-refractivity contribution in [2.24, 2.45) is 0 Å². The van der Waals surface area contributed by atoms with Gasteiger partial charge in [0.1, 0.15) is 0 Å². The molecule has 0 aliphatic carbocycles. The van der Waals surface area contributed by atoms with E-state index in [-0.39, 0.29) is 0 Å². The number of hydrogen-bond donors (Lipinski definition) is 0. The second-order valence-corrected chi connectivity index (χ2v) is 7.32. The minimum absolute atomic E-state index is 0.707. The molecule has 0 atom stereocenters. The van der Waals surface area contributed by atoms with Crippen molar-refractivity contribution in [3.63, 3.8) is 0 Å². The van der Waals surface area contributed by atoms with Crippen LogP contribution in [0.15, 0.2) is 12.0 Å². The van der Waals surface area contributed by atoms with E-state index >= 15 is 0 Å². The molecular weight excluding hydrogens is 156 g/mol. The van der Waals surface area contributed by atoms with E-state index in [9.17, 15) is 0 Å². The second-order valence-electron chi connectivity index (χ2n) is 3.22. The van der Waals surface area contributed by atoms with Crippen molar-refractivity contribution in [1.29, 1.82) is 0 Å². The fourth-order valence-electron chi connectivity index (χ4n) is 1.24. The Balaban J connectivity index is 2.39. The zero-order chi connectivity index (χ0) is 8.32. The summed E-state index contributed by atoms with van der Waals surface area (Å²) in [4.78, 5) is 0. The van der Waals surface area contributed by atoms with Gasteiger partial charge < -0.3 is 9.16 Å². The van der Waals surface area contributed by atoms with Gasteiger partial charge in [0, 0.05) is 0 Å². The summed E-state index contributed by atoms with van der Waals surface area (Å²) in [6.45, 7) is 4.20. The first-order chi connectivity index (χ1) is 5.20. The lowest BCUT2D eigenvalue weighted by Crippen LogP contribution is -2.41. The van der Waals surface area contributed by atoms with Gasteiger partial charge in [0.15, 0.2) is 0 Å². The van der Waals surface area contributed by atoms with Crippen LogP contribution in [0, 0.1) is 0 Å². The molecule has 11 heavy (non-hydrogen) atoms. The lowest BCUT2D eigenvalue weighted by Gasteiger charge is -2.35. The minimum atomic E-state index is -1.30. The summed E-state index contributed by atoms with van der Waals surface area (Å²) in [7, 11) is 0.363. The summed E-state index contributed by atoms with van der Waals surface area (Å²) in [6.07, 6.45) is 3.22. The molecule has 1 aliphatic heterocycles. The van der Waals surface area contributed by atoms with Gasteiger partial charge in [0.05, 0.1) is 7.11 Å². The van der Waals surface area contributed by atoms with Gasteiger partial charge in [-0.3, -0.25) is 0 Å². The Hall–Kier alpha value is -0.443. The Labute approximate surface area is 69.3 Å². The average molecular weight is 172 g/mol. The largest absolute Gasteiger partial charge is 0.519 e. The van der Waals surface area contributed by atoms with Crippen molar-refractivity contribution in [1.82, 2.24) is 0 Å². The topological polar surface area (TPSA) is 18.5 Å². The van der Waals surface area contributed by atoms with Crippen LogP contribution in [0.25, 0.3) is 0 Å². The van der Waals surface area contributed by atoms with Crippen molar-refractivity contribution in [3.8, 4) is 0 Å². The molecule has 1 heterocycles. The number of methoxy groups -OCH3 is 1. The number of allylic oxidation sites excluding steroid dienone is 1. The third-order valence-corrected chi connectivity index (χ3v) is 5.71. The van der Waals surface area contributed by atoms with Crippen LogP contribution in [-0.4, -0.2) is 15.4 Å². The third-order valence-electron chi connectivity index (χ3n) is 2.20. The van der Waals surface area contributed by atoms with E-state index in [0.717, 1.165) is 0 Å². The Morgan fingerprint density at radius 2 is 2.09 bits per heavy atom. The van der Waals surface area contributed by atoms with Crippen molar-refractivity contribution >= 4 is 8.32 Å². The first-order valence-electron chi connectivity index (χ1n) is 4.09. The number of rotatable bonds is 3. The molecule has 1 saturated heterocycles. The van der Waals surface area contributed by atoms with Crippen molar-refractivity contribution in [2.75, 3.05) is 7.11 Å². The van der Waals surface area contributed by atoms with Crippen molar-refractivity contribution < 1.29 is 9.16 Å². The van der Waals surface area contributed by atoms with Gasteiger partial charge in [-0.25, -0.2) is 0 Å². The zero-order valence-corrected chi connectivity index (χ0v) is 8.52. The molecule has 0 unspecified atom stereocenters. The SMILES string of the molecule is C/C=C(/OC)O[Si]1(C)CCC1. The highest BCUT2D eigenvalue weighted by molar-refractivity contribution is 6.75. The van der Waals surface area contributed by atoms with E-state index in [1.54, 1.807) is 7.11 Å². The smallest absolute Gasteiger partial charge is 0.260 e. The summed E-state index contributed by atoms with van der Waals surface area (Å²) in [5.41, 5.74) is 0. The normalized spacial score (nSPS) is 22.3. The summed E-state index contributed by atoms with van der Waals surface area (Å²) < 4.78 is 10.8. The van der Waals surface area contributed by atoms with Crippen LogP contribution < -0.4 is 0 Å². The van der Waals surface area contributed by atoms with Gasteiger partial charge in [-0.05, 0) is 31.6 Å². The van der Waals surface area contributed by atoms with E-state index in [1.807, 2.05) is 13.0 Å². The van der Waals surface area contributed by atoms with E-state index in [4.69, 9.17) is 9.16 Å². The van der Waals surface area contributed by atoms with Crippen molar-refractivity contribution in [3.05, 3.63) is 12.0 Å². The predicted octanol–water partition coefficient (Wildman–Crippen LogP) is 2.49. The van der Waals surface area contributed by atoms with Crippen LogP contribution in [0.3, 0.4) is 0 Å². The maximum Gasteiger partial charge on any atom is 0.260 e. The number of hydrogen-bond acceptors (Lipinski definition) is 2. The molecule has 0 bridgehead atoms. The first kappa shape index (κ1) is 8.65. The minimum Gasteiger partial charge on any atom is -0.519 e. The van der Waals surface area contributed by atoms with E-state index in [2.05, 4.69) is 6.55 Å². The van der Waals surface area contributed by atoms with Crippen LogP contribution in [0.4, 0.5) is 0 Å². The molecule has 0 amide bonds. The molecule has 1 fully saturated rings. The van der Waals surface area contributed by atoms with Crippen LogP contribution in [0.1, 0.15) is 13.3 Å². The number of ether oxygens (including phenoxy) is 1. The molecule has 2 nitrogen and oxygen atoms in total. The van der Waals surface area contributed by atoms with Crippen LogP contribution >= 0.6 is 0 Å². The lowest BCUT2D eigenvalue weighted by molar-refractivity contribution is 0.140. The van der Waals surface area contributed by atoms with Gasteiger partial charge in [-0.15, -0.1) is 0 Å². The van der Waals surface area contributed by atoms with E-state index in [0.29, 0.717) is 5.95 Å². The second kappa shape index (κ2) is 3.30. The third kappa shape index (κ3) is 1.99. The lowest BCUT2D eigenvalue weighted by atomic mass is 10.5. The quantitative estimate of drug-likeness (QED) is 0.481. The predicted molar refractivity (Wildman–Crippen MR) is 47.7 cm³/mol. The molecule has 3 heteroatoms. The van der Waals surface area contributed by atoms with E-state index in [1.165, 1.54) is 18.5 Å². The van der Waals surface area contributed by atoms with Crippen LogP contribution in [0.5, 0.6) is 0 Å². The molecule has 0 saturated carbocycles. The van der Waals surface area contributed by atoms with Gasteiger partial charge in [0.25, 0.3) is 14.3 Å². The van der Waals surface area contributed by atoms with Crippen LogP contribution in [-0.2, 0) is 9.16 Å². The summed E-state index contributed by atoms with van der Waals surface area (Å²) in [6, 6.07) is 2.57. The van der Waals surface area contributed by atoms with E-state index < -0.39 is 8.32 Å². The molecule has 0 N–H and O–H groups in total. The maximum atomic E-state index is 5.75. The standard InChI is InChI=1S/C8H16O2Si/c1-4-8(9-2)10-11(3)6-5-7-11/h4H,5-7H2,1-3H3/b8-4-. The monoisotopic (exact) mass is 172 g/mol. The molecular formula is C8H16O2Si. The van der Waals surface area contributed by atoms with Gasteiger partial charge >= 0.3 is 0 Å². The highest BCUT2D eigenvalue weighted by Crippen LogP contribution is 2.34.